The van der Waals surface area contributed by atoms with Crippen molar-refractivity contribution in [3.05, 3.63) is 59.2 Å². The Morgan fingerprint density at radius 1 is 1.15 bits per heavy atom. The van der Waals surface area contributed by atoms with Crippen LogP contribution in [0, 0.1) is 0 Å². The predicted octanol–water partition coefficient (Wildman–Crippen LogP) is 2.76. The average molecular weight is 450 g/mol. The van der Waals surface area contributed by atoms with Crippen molar-refractivity contribution < 1.29 is 23.9 Å². The SMILES string of the molecule is COc1ccc(OC)c([C@@H]2CCCN2C(=O)CN2C(=O)N[C@]3(CCc4ccccc43)C2=O)c1. The van der Waals surface area contributed by atoms with E-state index >= 15 is 0 Å². The van der Waals surface area contributed by atoms with Crippen molar-refractivity contribution in [3.63, 3.8) is 0 Å². The Labute approximate surface area is 192 Å². The van der Waals surface area contributed by atoms with E-state index in [1.165, 1.54) is 0 Å². The molecule has 8 heteroatoms. The summed E-state index contributed by atoms with van der Waals surface area (Å²) in [6, 6.07) is 12.5. The van der Waals surface area contributed by atoms with Gasteiger partial charge >= 0.3 is 6.03 Å². The Morgan fingerprint density at radius 3 is 2.76 bits per heavy atom. The molecule has 0 bridgehead atoms. The third kappa shape index (κ3) is 3.32. The number of aryl methyl sites for hydroxylation is 1. The van der Waals surface area contributed by atoms with Crippen LogP contribution in [0.15, 0.2) is 42.5 Å². The van der Waals surface area contributed by atoms with E-state index in [-0.39, 0.29) is 24.4 Å². The molecule has 1 aliphatic carbocycles. The van der Waals surface area contributed by atoms with Crippen molar-refractivity contribution >= 4 is 17.8 Å². The largest absolute Gasteiger partial charge is 0.497 e. The molecule has 2 fully saturated rings. The summed E-state index contributed by atoms with van der Waals surface area (Å²) < 4.78 is 10.9. The van der Waals surface area contributed by atoms with Gasteiger partial charge in [-0.2, -0.15) is 0 Å². The number of carbonyl (C=O) groups is 3. The Bertz CT molecular complexity index is 1130. The lowest BCUT2D eigenvalue weighted by Gasteiger charge is -2.28. The van der Waals surface area contributed by atoms with Gasteiger partial charge in [0.25, 0.3) is 5.91 Å². The maximum absolute atomic E-state index is 13.4. The summed E-state index contributed by atoms with van der Waals surface area (Å²) in [4.78, 5) is 42.4. The number of urea groups is 1. The van der Waals surface area contributed by atoms with Crippen LogP contribution in [0.3, 0.4) is 0 Å². The fourth-order valence-electron chi connectivity index (χ4n) is 5.45. The molecule has 0 unspecified atom stereocenters. The summed E-state index contributed by atoms with van der Waals surface area (Å²) in [5.74, 6) is 0.757. The lowest BCUT2D eigenvalue weighted by Crippen LogP contribution is -2.44. The molecule has 172 valence electrons. The van der Waals surface area contributed by atoms with Gasteiger partial charge in [0.2, 0.25) is 5.91 Å². The third-order valence-electron chi connectivity index (χ3n) is 7.08. The van der Waals surface area contributed by atoms with Gasteiger partial charge in [-0.25, -0.2) is 4.79 Å². The number of amides is 4. The number of carbonyl (C=O) groups excluding carboxylic acids is 3. The lowest BCUT2D eigenvalue weighted by molar-refractivity contribution is -0.139. The Morgan fingerprint density at radius 2 is 1.97 bits per heavy atom. The molecule has 2 saturated heterocycles. The molecule has 0 saturated carbocycles. The highest BCUT2D eigenvalue weighted by molar-refractivity contribution is 6.10. The van der Waals surface area contributed by atoms with Gasteiger partial charge in [0.05, 0.1) is 20.3 Å². The molecular weight excluding hydrogens is 422 g/mol. The number of rotatable bonds is 5. The van der Waals surface area contributed by atoms with Crippen LogP contribution < -0.4 is 14.8 Å². The fraction of sp³-hybridized carbons (Fsp3) is 0.400. The number of imide groups is 1. The third-order valence-corrected chi connectivity index (χ3v) is 7.08. The van der Waals surface area contributed by atoms with Crippen LogP contribution in [0.4, 0.5) is 4.79 Å². The highest BCUT2D eigenvalue weighted by Crippen LogP contribution is 2.42. The molecule has 8 nitrogen and oxygen atoms in total. The van der Waals surface area contributed by atoms with Crippen molar-refractivity contribution in [3.8, 4) is 11.5 Å². The summed E-state index contributed by atoms with van der Waals surface area (Å²) in [6.45, 7) is 0.277. The molecule has 0 radical (unpaired) electrons. The van der Waals surface area contributed by atoms with Crippen LogP contribution in [-0.4, -0.2) is 55.0 Å². The number of nitrogens with zero attached hydrogens (tertiary/aromatic N) is 2. The maximum atomic E-state index is 13.4. The van der Waals surface area contributed by atoms with E-state index in [0.717, 1.165) is 34.4 Å². The minimum atomic E-state index is -1.06. The van der Waals surface area contributed by atoms with Gasteiger partial charge in [-0.3, -0.25) is 14.5 Å². The highest BCUT2D eigenvalue weighted by Gasteiger charge is 2.55. The Kier molecular flexibility index (Phi) is 5.23. The summed E-state index contributed by atoms with van der Waals surface area (Å²) in [7, 11) is 3.19. The van der Waals surface area contributed by atoms with Crippen molar-refractivity contribution in [2.24, 2.45) is 0 Å². The van der Waals surface area contributed by atoms with Crippen LogP contribution in [-0.2, 0) is 21.5 Å². The quantitative estimate of drug-likeness (QED) is 0.710. The minimum Gasteiger partial charge on any atom is -0.497 e. The van der Waals surface area contributed by atoms with E-state index in [9.17, 15) is 14.4 Å². The van der Waals surface area contributed by atoms with E-state index in [2.05, 4.69) is 5.32 Å². The van der Waals surface area contributed by atoms with Gasteiger partial charge in [-0.1, -0.05) is 24.3 Å². The monoisotopic (exact) mass is 449 g/mol. The molecule has 1 N–H and O–H groups in total. The maximum Gasteiger partial charge on any atom is 0.325 e. The molecule has 2 aliphatic heterocycles. The molecule has 5 rings (SSSR count). The number of hydrogen-bond donors (Lipinski definition) is 1. The molecule has 3 aliphatic rings. The molecule has 2 aromatic rings. The smallest absolute Gasteiger partial charge is 0.325 e. The van der Waals surface area contributed by atoms with E-state index in [0.29, 0.717) is 30.9 Å². The second-order valence-corrected chi connectivity index (χ2v) is 8.74. The first-order valence-corrected chi connectivity index (χ1v) is 11.2. The summed E-state index contributed by atoms with van der Waals surface area (Å²) >= 11 is 0. The second kappa shape index (κ2) is 8.10. The average Bonchev–Trinajstić information content (AvgIpc) is 3.53. The predicted molar refractivity (Wildman–Crippen MR) is 120 cm³/mol. The molecular formula is C25H27N3O5. The lowest BCUT2D eigenvalue weighted by atomic mass is 9.92. The van der Waals surface area contributed by atoms with Gasteiger partial charge in [0.1, 0.15) is 23.6 Å². The van der Waals surface area contributed by atoms with Crippen LogP contribution in [0.5, 0.6) is 11.5 Å². The Balaban J connectivity index is 1.38. The number of nitrogens with one attached hydrogen (secondary N) is 1. The topological polar surface area (TPSA) is 88.2 Å². The first-order valence-electron chi connectivity index (χ1n) is 11.2. The Hall–Kier alpha value is -3.55. The van der Waals surface area contributed by atoms with Crippen LogP contribution in [0.2, 0.25) is 0 Å². The van der Waals surface area contributed by atoms with Crippen LogP contribution >= 0.6 is 0 Å². The summed E-state index contributed by atoms with van der Waals surface area (Å²) in [5, 5.41) is 2.89. The highest BCUT2D eigenvalue weighted by atomic mass is 16.5. The van der Waals surface area contributed by atoms with Crippen molar-refractivity contribution in [1.82, 2.24) is 15.1 Å². The van der Waals surface area contributed by atoms with Crippen molar-refractivity contribution in [1.29, 1.82) is 0 Å². The standard InChI is InChI=1S/C25H27N3O5/c1-32-17-9-10-21(33-2)18(14-17)20-8-5-13-27(20)22(29)15-28-23(30)25(26-24(28)31)12-11-16-6-3-4-7-19(16)25/h3-4,6-7,9-10,14,20H,5,8,11-13,15H2,1-2H3,(H,26,31)/t20-,25-/m0/s1. The molecule has 4 amide bonds. The van der Waals surface area contributed by atoms with Gasteiger partial charge < -0.3 is 19.7 Å². The van der Waals surface area contributed by atoms with E-state index < -0.39 is 11.6 Å². The van der Waals surface area contributed by atoms with Crippen molar-refractivity contribution in [2.45, 2.75) is 37.3 Å². The second-order valence-electron chi connectivity index (χ2n) is 8.74. The summed E-state index contributed by atoms with van der Waals surface area (Å²) in [6.07, 6.45) is 2.82. The molecule has 0 aromatic heterocycles. The van der Waals surface area contributed by atoms with E-state index in [1.807, 2.05) is 42.5 Å². The number of likely N-dealkylation sites (tertiary alicyclic amines) is 1. The van der Waals surface area contributed by atoms with E-state index in [1.54, 1.807) is 19.1 Å². The molecule has 1 spiro atoms. The number of ether oxygens (including phenoxy) is 2. The zero-order chi connectivity index (χ0) is 23.2. The normalized spacial score (nSPS) is 23.8. The van der Waals surface area contributed by atoms with Gasteiger partial charge in [0.15, 0.2) is 0 Å². The number of hydrogen-bond acceptors (Lipinski definition) is 5. The molecule has 2 aromatic carbocycles. The van der Waals surface area contributed by atoms with Crippen LogP contribution in [0.25, 0.3) is 0 Å². The number of benzene rings is 2. The molecule has 2 heterocycles. The number of fused-ring (bicyclic) bond motifs is 2. The summed E-state index contributed by atoms with van der Waals surface area (Å²) in [5.41, 5.74) is 1.69. The van der Waals surface area contributed by atoms with Gasteiger partial charge in [-0.05, 0) is 55.0 Å². The van der Waals surface area contributed by atoms with Crippen LogP contribution in [0.1, 0.15) is 42.0 Å². The first kappa shape index (κ1) is 21.3. The number of methoxy groups -OCH3 is 2. The fourth-order valence-corrected chi connectivity index (χ4v) is 5.45. The minimum absolute atomic E-state index is 0.204. The van der Waals surface area contributed by atoms with E-state index in [4.69, 9.17) is 9.47 Å². The van der Waals surface area contributed by atoms with Crippen molar-refractivity contribution in [2.75, 3.05) is 27.3 Å². The molecule has 2 atom stereocenters. The zero-order valence-electron chi connectivity index (χ0n) is 18.8. The first-order chi connectivity index (χ1) is 16.0. The molecule has 33 heavy (non-hydrogen) atoms. The van der Waals surface area contributed by atoms with Gasteiger partial charge in [0, 0.05) is 12.1 Å². The zero-order valence-corrected chi connectivity index (χ0v) is 18.8. The van der Waals surface area contributed by atoms with Gasteiger partial charge in [-0.15, -0.1) is 0 Å².